The van der Waals surface area contributed by atoms with Gasteiger partial charge in [-0.25, -0.2) is 0 Å². The van der Waals surface area contributed by atoms with Crippen LogP contribution >= 0.6 is 27.5 Å². The van der Waals surface area contributed by atoms with Gasteiger partial charge in [-0.05, 0) is 35.9 Å². The lowest BCUT2D eigenvalue weighted by Gasteiger charge is -2.09. The molecule has 2 aromatic rings. The van der Waals surface area contributed by atoms with Crippen LogP contribution in [0.2, 0.25) is 5.02 Å². The number of halogens is 2. The molecule has 114 valence electrons. The van der Waals surface area contributed by atoms with Crippen molar-refractivity contribution < 1.29 is 4.74 Å². The molecular weight excluding hydrogens is 368 g/mol. The number of hydrogen-bond acceptors (Lipinski definition) is 3. The molecule has 22 heavy (non-hydrogen) atoms. The fraction of sp³-hybridized carbons (Fsp3) is 0.0667. The highest BCUT2D eigenvalue weighted by molar-refractivity contribution is 9.10. The van der Waals surface area contributed by atoms with Gasteiger partial charge in [0.1, 0.15) is 12.4 Å². The minimum absolute atomic E-state index is 0.102. The van der Waals surface area contributed by atoms with Crippen LogP contribution in [-0.4, -0.2) is 12.2 Å². The van der Waals surface area contributed by atoms with Crippen molar-refractivity contribution in [2.75, 3.05) is 0 Å². The zero-order chi connectivity index (χ0) is 15.9. The van der Waals surface area contributed by atoms with Crippen LogP contribution < -0.4 is 16.2 Å². The van der Waals surface area contributed by atoms with Gasteiger partial charge in [-0.1, -0.05) is 39.7 Å². The minimum Gasteiger partial charge on any atom is -0.488 e. The Morgan fingerprint density at radius 3 is 2.59 bits per heavy atom. The van der Waals surface area contributed by atoms with Crippen LogP contribution in [-0.2, 0) is 6.61 Å². The second-order valence-corrected chi connectivity index (χ2v) is 5.72. The van der Waals surface area contributed by atoms with Gasteiger partial charge in [0.05, 0.1) is 6.21 Å². The molecule has 5 nitrogen and oxygen atoms in total. The first-order valence-corrected chi connectivity index (χ1v) is 7.50. The largest absolute Gasteiger partial charge is 0.488 e. The van der Waals surface area contributed by atoms with E-state index in [1.807, 2.05) is 42.5 Å². The lowest BCUT2D eigenvalue weighted by atomic mass is 10.2. The van der Waals surface area contributed by atoms with Crippen LogP contribution in [0.5, 0.6) is 5.75 Å². The van der Waals surface area contributed by atoms with Crippen molar-refractivity contribution in [2.24, 2.45) is 21.7 Å². The topological polar surface area (TPSA) is 86.0 Å². The van der Waals surface area contributed by atoms with E-state index in [-0.39, 0.29) is 5.96 Å². The first-order chi connectivity index (χ1) is 10.5. The van der Waals surface area contributed by atoms with E-state index in [4.69, 9.17) is 27.8 Å². The molecule has 2 rings (SSSR count). The predicted molar refractivity (Wildman–Crippen MR) is 93.3 cm³/mol. The molecule has 0 saturated heterocycles. The molecule has 7 heteroatoms. The van der Waals surface area contributed by atoms with E-state index in [2.05, 4.69) is 26.1 Å². The summed E-state index contributed by atoms with van der Waals surface area (Å²) >= 11 is 9.26. The average molecular weight is 382 g/mol. The Balaban J connectivity index is 2.14. The number of hydrogen-bond donors (Lipinski definition) is 2. The Morgan fingerprint density at radius 1 is 1.18 bits per heavy atom. The van der Waals surface area contributed by atoms with Crippen LogP contribution in [0, 0.1) is 0 Å². The van der Waals surface area contributed by atoms with E-state index < -0.39 is 0 Å². The summed E-state index contributed by atoms with van der Waals surface area (Å²) in [4.78, 5) is 0. The molecule has 0 unspecified atom stereocenters. The van der Waals surface area contributed by atoms with Gasteiger partial charge >= 0.3 is 0 Å². The Labute approximate surface area is 141 Å². The van der Waals surface area contributed by atoms with E-state index in [9.17, 15) is 0 Å². The average Bonchev–Trinajstić information content (AvgIpc) is 2.48. The van der Waals surface area contributed by atoms with Gasteiger partial charge in [0.2, 0.25) is 5.96 Å². The normalized spacial score (nSPS) is 10.6. The zero-order valence-electron chi connectivity index (χ0n) is 11.5. The number of benzene rings is 2. The smallest absolute Gasteiger partial charge is 0.211 e. The third kappa shape index (κ3) is 5.05. The quantitative estimate of drug-likeness (QED) is 0.473. The maximum Gasteiger partial charge on any atom is 0.211 e. The maximum absolute atomic E-state index is 5.86. The predicted octanol–water partition coefficient (Wildman–Crippen LogP) is 3.29. The van der Waals surface area contributed by atoms with Crippen molar-refractivity contribution in [2.45, 2.75) is 6.61 Å². The van der Waals surface area contributed by atoms with Gasteiger partial charge in [-0.15, -0.1) is 5.10 Å². The van der Waals surface area contributed by atoms with E-state index in [1.54, 1.807) is 0 Å². The van der Waals surface area contributed by atoms with Crippen LogP contribution in [0.25, 0.3) is 0 Å². The van der Waals surface area contributed by atoms with Crippen LogP contribution in [0.15, 0.2) is 57.1 Å². The van der Waals surface area contributed by atoms with E-state index in [1.165, 1.54) is 6.21 Å². The summed E-state index contributed by atoms with van der Waals surface area (Å²) in [7, 11) is 0. The third-order valence-electron chi connectivity index (χ3n) is 2.65. The molecule has 0 radical (unpaired) electrons. The summed E-state index contributed by atoms with van der Waals surface area (Å²) in [5.74, 6) is 0.572. The third-order valence-corrected chi connectivity index (χ3v) is 3.39. The molecular formula is C15H14BrClN4O. The molecule has 0 spiro atoms. The second kappa shape index (κ2) is 7.82. The number of ether oxygens (including phenoxy) is 1. The van der Waals surface area contributed by atoms with E-state index in [0.29, 0.717) is 17.4 Å². The van der Waals surface area contributed by atoms with Crippen molar-refractivity contribution in [3.63, 3.8) is 0 Å². The van der Waals surface area contributed by atoms with Crippen LogP contribution in [0.1, 0.15) is 11.1 Å². The van der Waals surface area contributed by atoms with E-state index >= 15 is 0 Å². The maximum atomic E-state index is 5.86. The summed E-state index contributed by atoms with van der Waals surface area (Å²) < 4.78 is 6.71. The number of rotatable bonds is 5. The Kier molecular flexibility index (Phi) is 5.80. The Bertz CT molecular complexity index is 697. The summed E-state index contributed by atoms with van der Waals surface area (Å²) in [6.07, 6.45) is 1.53. The highest BCUT2D eigenvalue weighted by Gasteiger charge is 2.04. The molecule has 0 aliphatic carbocycles. The molecule has 0 aliphatic heterocycles. The summed E-state index contributed by atoms with van der Waals surface area (Å²) in [5.41, 5.74) is 12.2. The minimum atomic E-state index is -0.102. The molecule has 0 aliphatic rings. The van der Waals surface area contributed by atoms with Crippen LogP contribution in [0.3, 0.4) is 0 Å². The Hall–Kier alpha value is -2.05. The lowest BCUT2D eigenvalue weighted by molar-refractivity contribution is 0.306. The highest BCUT2D eigenvalue weighted by Crippen LogP contribution is 2.23. The molecule has 0 bridgehead atoms. The van der Waals surface area contributed by atoms with Gasteiger partial charge in [-0.3, -0.25) is 0 Å². The SMILES string of the molecule is NC(N)=N/N=C\c1cc(Br)ccc1OCc1ccc(Cl)cc1. The lowest BCUT2D eigenvalue weighted by Crippen LogP contribution is -2.21. The number of nitrogens with zero attached hydrogens (tertiary/aromatic N) is 2. The second-order valence-electron chi connectivity index (χ2n) is 4.37. The molecule has 0 aromatic heterocycles. The van der Waals surface area contributed by atoms with Crippen molar-refractivity contribution in [1.82, 2.24) is 0 Å². The first-order valence-electron chi connectivity index (χ1n) is 6.33. The van der Waals surface area contributed by atoms with Gasteiger partial charge in [0.15, 0.2) is 0 Å². The van der Waals surface area contributed by atoms with Gasteiger partial charge in [0, 0.05) is 15.1 Å². The molecule has 0 saturated carbocycles. The summed E-state index contributed by atoms with van der Waals surface area (Å²) in [6.45, 7) is 0.419. The summed E-state index contributed by atoms with van der Waals surface area (Å²) in [5, 5.41) is 8.07. The zero-order valence-corrected chi connectivity index (χ0v) is 13.9. The molecule has 0 fully saturated rings. The highest BCUT2D eigenvalue weighted by atomic mass is 79.9. The molecule has 4 N–H and O–H groups in total. The monoisotopic (exact) mass is 380 g/mol. The van der Waals surface area contributed by atoms with Crippen molar-refractivity contribution in [3.8, 4) is 5.75 Å². The van der Waals surface area contributed by atoms with Crippen molar-refractivity contribution in [3.05, 3.63) is 63.1 Å². The first kappa shape index (κ1) is 16.3. The molecule has 2 aromatic carbocycles. The van der Waals surface area contributed by atoms with Crippen LogP contribution in [0.4, 0.5) is 0 Å². The van der Waals surface area contributed by atoms with Crippen molar-refractivity contribution in [1.29, 1.82) is 0 Å². The molecule has 0 amide bonds. The van der Waals surface area contributed by atoms with Gasteiger partial charge in [-0.2, -0.15) is 5.10 Å². The number of guanidine groups is 1. The van der Waals surface area contributed by atoms with Gasteiger partial charge < -0.3 is 16.2 Å². The van der Waals surface area contributed by atoms with E-state index in [0.717, 1.165) is 15.6 Å². The summed E-state index contributed by atoms with van der Waals surface area (Å²) in [6, 6.07) is 13.1. The van der Waals surface area contributed by atoms with Gasteiger partial charge in [0.25, 0.3) is 0 Å². The Morgan fingerprint density at radius 2 is 1.91 bits per heavy atom. The van der Waals surface area contributed by atoms with Crippen molar-refractivity contribution >= 4 is 39.7 Å². The molecule has 0 atom stereocenters. The fourth-order valence-corrected chi connectivity index (χ4v) is 2.16. The standard InChI is InChI=1S/C15H14BrClN4O/c16-12-3-6-14(11(7-12)8-20-21-15(18)19)22-9-10-1-4-13(17)5-2-10/h1-8H,9H2,(H4,18,19,21)/b20-8-. The fourth-order valence-electron chi connectivity index (χ4n) is 1.65. The molecule has 0 heterocycles. The number of nitrogens with two attached hydrogens (primary N) is 2.